The van der Waals surface area contributed by atoms with E-state index in [-0.39, 0.29) is 6.04 Å². The van der Waals surface area contributed by atoms with E-state index in [1.54, 1.807) is 19.2 Å². The van der Waals surface area contributed by atoms with Gasteiger partial charge in [0.15, 0.2) is 0 Å². The number of anilines is 3. The Kier molecular flexibility index (Phi) is 5.46. The molecule has 0 radical (unpaired) electrons. The maximum atomic E-state index is 9.23. The Labute approximate surface area is 192 Å². The predicted molar refractivity (Wildman–Crippen MR) is 129 cm³/mol. The van der Waals surface area contributed by atoms with Gasteiger partial charge in [0.25, 0.3) is 0 Å². The third-order valence-corrected chi connectivity index (χ3v) is 6.17. The number of fused-ring (bicyclic) bond motifs is 1. The van der Waals surface area contributed by atoms with Crippen LogP contribution in [0.15, 0.2) is 42.5 Å². The van der Waals surface area contributed by atoms with E-state index in [9.17, 15) is 5.26 Å². The molecule has 1 aromatic heterocycles. The lowest BCUT2D eigenvalue weighted by molar-refractivity contribution is 0.397. The van der Waals surface area contributed by atoms with Gasteiger partial charge < -0.3 is 20.8 Å². The number of aromatic nitrogens is 2. The van der Waals surface area contributed by atoms with Gasteiger partial charge in [0.05, 0.1) is 41.4 Å². The average Bonchev–Trinajstić information content (AvgIpc) is 3.23. The van der Waals surface area contributed by atoms with Gasteiger partial charge in [-0.25, -0.2) is 4.98 Å². The van der Waals surface area contributed by atoms with Gasteiger partial charge >= 0.3 is 0 Å². The molecule has 3 aromatic rings. The highest BCUT2D eigenvalue weighted by Crippen LogP contribution is 2.41. The molecule has 33 heavy (non-hydrogen) atoms. The number of nitriles is 1. The van der Waals surface area contributed by atoms with Gasteiger partial charge in [-0.3, -0.25) is 5.01 Å². The summed E-state index contributed by atoms with van der Waals surface area (Å²) in [5, 5.41) is 11.1. The molecule has 1 fully saturated rings. The molecule has 0 saturated carbocycles. The van der Waals surface area contributed by atoms with Crippen molar-refractivity contribution in [1.29, 1.82) is 5.26 Å². The normalized spacial score (nSPS) is 15.7. The molecule has 0 bridgehead atoms. The van der Waals surface area contributed by atoms with Crippen molar-refractivity contribution in [3.63, 3.8) is 0 Å². The smallest absolute Gasteiger partial charge is 0.229 e. The minimum absolute atomic E-state index is 0.214. The fourth-order valence-corrected chi connectivity index (χ4v) is 4.28. The zero-order chi connectivity index (χ0) is 22.9. The van der Waals surface area contributed by atoms with Crippen molar-refractivity contribution < 1.29 is 4.74 Å². The van der Waals surface area contributed by atoms with E-state index in [4.69, 9.17) is 20.4 Å². The van der Waals surface area contributed by atoms with E-state index in [0.717, 1.165) is 59.7 Å². The molecule has 0 amide bonds. The fourth-order valence-electron chi connectivity index (χ4n) is 4.28. The van der Waals surface area contributed by atoms with Gasteiger partial charge in [-0.1, -0.05) is 18.2 Å². The van der Waals surface area contributed by atoms with Crippen molar-refractivity contribution in [3.8, 4) is 34.3 Å². The summed E-state index contributed by atoms with van der Waals surface area (Å²) in [7, 11) is 3.58. The van der Waals surface area contributed by atoms with Gasteiger partial charge in [-0.05, 0) is 42.7 Å². The number of hydrogen-bond donors (Lipinski definition) is 3. The third kappa shape index (κ3) is 3.91. The van der Waals surface area contributed by atoms with Gasteiger partial charge in [0.2, 0.25) is 11.8 Å². The summed E-state index contributed by atoms with van der Waals surface area (Å²) >= 11 is 0. The molecule has 2 aromatic carbocycles. The number of hydrazine groups is 2. The highest BCUT2D eigenvalue weighted by atomic mass is 16.5. The van der Waals surface area contributed by atoms with Crippen LogP contribution in [0.2, 0.25) is 0 Å². The Morgan fingerprint density at radius 3 is 2.52 bits per heavy atom. The lowest BCUT2D eigenvalue weighted by atomic mass is 9.98. The number of nitrogens with two attached hydrogens (primary N) is 1. The second-order valence-corrected chi connectivity index (χ2v) is 8.30. The minimum Gasteiger partial charge on any atom is -0.480 e. The summed E-state index contributed by atoms with van der Waals surface area (Å²) in [4.78, 5) is 12.0. The molecule has 0 atom stereocenters. The molecule has 0 unspecified atom stereocenters. The van der Waals surface area contributed by atoms with Crippen molar-refractivity contribution >= 4 is 17.3 Å². The molecule has 2 aliphatic heterocycles. The Morgan fingerprint density at radius 1 is 1.09 bits per heavy atom. The van der Waals surface area contributed by atoms with Crippen LogP contribution in [0.4, 0.5) is 17.3 Å². The van der Waals surface area contributed by atoms with Crippen LogP contribution in [0, 0.1) is 11.3 Å². The summed E-state index contributed by atoms with van der Waals surface area (Å²) in [6.07, 6.45) is 1.80. The summed E-state index contributed by atoms with van der Waals surface area (Å²) in [5.74, 6) is 1.14. The minimum atomic E-state index is 0.214. The van der Waals surface area contributed by atoms with Gasteiger partial charge in [-0.15, -0.1) is 5.53 Å². The number of ether oxygens (including phenoxy) is 1. The first kappa shape index (κ1) is 21.0. The summed E-state index contributed by atoms with van der Waals surface area (Å²) in [6.45, 7) is 1.61. The number of hydrogen-bond acceptors (Lipinski definition) is 9. The monoisotopic (exact) mass is 442 g/mol. The van der Waals surface area contributed by atoms with Gasteiger partial charge in [0.1, 0.15) is 0 Å². The maximum absolute atomic E-state index is 9.23. The number of methoxy groups -OCH3 is 1. The van der Waals surface area contributed by atoms with E-state index >= 15 is 0 Å². The van der Waals surface area contributed by atoms with Crippen LogP contribution in [-0.4, -0.2) is 43.3 Å². The van der Waals surface area contributed by atoms with Crippen LogP contribution >= 0.6 is 0 Å². The van der Waals surface area contributed by atoms with Crippen LogP contribution in [0.3, 0.4) is 0 Å². The van der Waals surface area contributed by atoms with Gasteiger partial charge in [0, 0.05) is 31.7 Å². The second-order valence-electron chi connectivity index (χ2n) is 8.30. The molecule has 9 nitrogen and oxygen atoms in total. The zero-order valence-corrected chi connectivity index (χ0v) is 18.7. The first-order valence-corrected chi connectivity index (χ1v) is 10.9. The van der Waals surface area contributed by atoms with Crippen LogP contribution in [0.1, 0.15) is 18.4 Å². The van der Waals surface area contributed by atoms with Crippen molar-refractivity contribution in [2.75, 3.05) is 42.6 Å². The zero-order valence-electron chi connectivity index (χ0n) is 18.7. The Hall–Kier alpha value is -3.87. The highest BCUT2D eigenvalue weighted by molar-refractivity contribution is 5.89. The molecule has 2 aliphatic rings. The average molecular weight is 443 g/mol. The number of benzene rings is 2. The van der Waals surface area contributed by atoms with Crippen molar-refractivity contribution in [2.24, 2.45) is 5.73 Å². The summed E-state index contributed by atoms with van der Waals surface area (Å²) in [5.41, 5.74) is 18.3. The molecule has 168 valence electrons. The summed E-state index contributed by atoms with van der Waals surface area (Å²) in [6, 6.07) is 16.0. The lowest BCUT2D eigenvalue weighted by Crippen LogP contribution is -2.40. The largest absolute Gasteiger partial charge is 0.480 e. The number of rotatable bonds is 4. The van der Waals surface area contributed by atoms with E-state index < -0.39 is 0 Å². The van der Waals surface area contributed by atoms with Crippen LogP contribution in [-0.2, 0) is 0 Å². The lowest BCUT2D eigenvalue weighted by Gasteiger charge is -2.31. The maximum Gasteiger partial charge on any atom is 0.229 e. The molecule has 1 saturated heterocycles. The Morgan fingerprint density at radius 2 is 1.82 bits per heavy atom. The SMILES string of the molecule is COc1nc(N2CCC(N)CC2)nc(-c2ccc(C#N)cc2)c1-c1ccc2c(c1)NNN2C. The standard InChI is InChI=1S/C24H26N8O/c1-31-20-8-7-17(13-19(20)29-30-31)21-22(16-5-3-15(14-25)4-6-16)27-24(28-23(21)33-2)32-11-9-18(26)10-12-32/h3-8,13,18,29-30H,9-12,26H2,1-2H3. The van der Waals surface area contributed by atoms with Crippen LogP contribution in [0.25, 0.3) is 22.4 Å². The number of nitrogens with zero attached hydrogens (tertiary/aromatic N) is 5. The van der Waals surface area contributed by atoms with E-state index in [2.05, 4.69) is 28.0 Å². The Balaban J connectivity index is 1.67. The first-order valence-electron chi connectivity index (χ1n) is 10.9. The van der Waals surface area contributed by atoms with E-state index in [0.29, 0.717) is 17.4 Å². The van der Waals surface area contributed by atoms with Crippen molar-refractivity contribution in [3.05, 3.63) is 48.0 Å². The van der Waals surface area contributed by atoms with Crippen LogP contribution < -0.4 is 31.3 Å². The molecular formula is C24H26N8O. The highest BCUT2D eigenvalue weighted by Gasteiger charge is 2.25. The number of piperidine rings is 1. The molecule has 0 spiro atoms. The molecule has 5 rings (SSSR count). The van der Waals surface area contributed by atoms with E-state index in [1.165, 1.54) is 0 Å². The second kappa shape index (κ2) is 8.58. The Bertz CT molecular complexity index is 1210. The summed E-state index contributed by atoms with van der Waals surface area (Å²) < 4.78 is 5.80. The molecule has 3 heterocycles. The first-order chi connectivity index (χ1) is 16.1. The quantitative estimate of drug-likeness (QED) is 0.561. The molecular weight excluding hydrogens is 416 g/mol. The van der Waals surface area contributed by atoms with Gasteiger partial charge in [-0.2, -0.15) is 10.2 Å². The molecule has 4 N–H and O–H groups in total. The van der Waals surface area contributed by atoms with E-state index in [1.807, 2.05) is 36.3 Å². The topological polar surface area (TPSA) is 115 Å². The molecule has 9 heteroatoms. The predicted octanol–water partition coefficient (Wildman–Crippen LogP) is 2.90. The third-order valence-electron chi connectivity index (χ3n) is 6.17. The fraction of sp³-hybridized carbons (Fsp3) is 0.292. The van der Waals surface area contributed by atoms with Crippen molar-refractivity contribution in [2.45, 2.75) is 18.9 Å². The molecule has 0 aliphatic carbocycles. The number of nitrogens with one attached hydrogen (secondary N) is 2. The van der Waals surface area contributed by atoms with Crippen LogP contribution in [0.5, 0.6) is 5.88 Å². The van der Waals surface area contributed by atoms with Crippen molar-refractivity contribution in [1.82, 2.24) is 15.5 Å².